The van der Waals surface area contributed by atoms with E-state index in [0.717, 1.165) is 11.1 Å². The lowest BCUT2D eigenvalue weighted by atomic mass is 10.0. The first-order valence-electron chi connectivity index (χ1n) is 5.02. The minimum atomic E-state index is 0.364. The van der Waals surface area contributed by atoms with Crippen LogP contribution in [0.2, 0.25) is 20.1 Å². The summed E-state index contributed by atoms with van der Waals surface area (Å²) in [6, 6.07) is 8.74. The molecule has 0 saturated heterocycles. The molecule has 2 aromatic rings. The zero-order valence-electron chi connectivity index (χ0n) is 9.31. The van der Waals surface area contributed by atoms with E-state index in [1.807, 2.05) is 12.1 Å². The van der Waals surface area contributed by atoms with Gasteiger partial charge in [0.2, 0.25) is 0 Å². The fraction of sp³-hybridized carbons (Fsp3) is 0.0769. The highest BCUT2D eigenvalue weighted by molar-refractivity contribution is 6.43. The third-order valence-electron chi connectivity index (χ3n) is 2.48. The predicted molar refractivity (Wildman–Crippen MR) is 78.5 cm³/mol. The Morgan fingerprint density at radius 3 is 2.11 bits per heavy atom. The van der Waals surface area contributed by atoms with Gasteiger partial charge >= 0.3 is 0 Å². The molecule has 0 amide bonds. The van der Waals surface area contributed by atoms with Crippen LogP contribution in [0.15, 0.2) is 30.3 Å². The molecule has 2 aromatic carbocycles. The first-order valence-corrected chi connectivity index (χ1v) is 6.53. The van der Waals surface area contributed by atoms with Gasteiger partial charge in [0.15, 0.2) is 0 Å². The number of hydrogen-bond donors (Lipinski definition) is 0. The average Bonchev–Trinajstić information content (AvgIpc) is 2.33. The molecule has 0 unspecified atom stereocenters. The Morgan fingerprint density at radius 1 is 0.833 bits per heavy atom. The normalized spacial score (nSPS) is 10.5. The molecule has 0 fully saturated rings. The van der Waals surface area contributed by atoms with Crippen molar-refractivity contribution >= 4 is 46.4 Å². The van der Waals surface area contributed by atoms with Crippen LogP contribution >= 0.6 is 46.4 Å². The Kier molecular flexibility index (Phi) is 4.29. The molecule has 18 heavy (non-hydrogen) atoms. The third kappa shape index (κ3) is 2.55. The third-order valence-corrected chi connectivity index (χ3v) is 3.81. The van der Waals surface area contributed by atoms with Crippen molar-refractivity contribution in [2.45, 2.75) is 0 Å². The average molecular weight is 322 g/mol. The fourth-order valence-corrected chi connectivity index (χ4v) is 2.55. The molecule has 0 aromatic heterocycles. The molecule has 1 nitrogen and oxygen atoms in total. The molecule has 0 saturated carbocycles. The summed E-state index contributed by atoms with van der Waals surface area (Å²) < 4.78 is 5.29. The van der Waals surface area contributed by atoms with Crippen LogP contribution in [0.1, 0.15) is 0 Å². The van der Waals surface area contributed by atoms with Crippen LogP contribution in [-0.2, 0) is 0 Å². The van der Waals surface area contributed by atoms with Crippen LogP contribution < -0.4 is 4.74 Å². The van der Waals surface area contributed by atoms with Crippen molar-refractivity contribution in [2.24, 2.45) is 0 Å². The van der Waals surface area contributed by atoms with E-state index >= 15 is 0 Å². The van der Waals surface area contributed by atoms with E-state index in [0.29, 0.717) is 25.8 Å². The highest BCUT2D eigenvalue weighted by Crippen LogP contribution is 2.42. The van der Waals surface area contributed by atoms with Crippen LogP contribution in [-0.4, -0.2) is 7.11 Å². The predicted octanol–water partition coefficient (Wildman–Crippen LogP) is 5.98. The second-order valence-corrected chi connectivity index (χ2v) is 5.20. The number of halogens is 4. The number of rotatable bonds is 2. The van der Waals surface area contributed by atoms with Crippen LogP contribution in [0.5, 0.6) is 5.75 Å². The highest BCUT2D eigenvalue weighted by Gasteiger charge is 2.15. The monoisotopic (exact) mass is 320 g/mol. The molecule has 0 aliphatic carbocycles. The molecule has 5 heteroatoms. The summed E-state index contributed by atoms with van der Waals surface area (Å²) in [7, 11) is 1.53. The van der Waals surface area contributed by atoms with Crippen LogP contribution in [0, 0.1) is 0 Å². The molecule has 0 aliphatic rings. The summed E-state index contributed by atoms with van der Waals surface area (Å²) in [6.45, 7) is 0. The van der Waals surface area contributed by atoms with Gasteiger partial charge in [-0.05, 0) is 24.3 Å². The number of ether oxygens (including phenoxy) is 1. The minimum Gasteiger partial charge on any atom is -0.494 e. The summed E-state index contributed by atoms with van der Waals surface area (Å²) in [5, 5.41) is 1.90. The van der Waals surface area contributed by atoms with E-state index in [4.69, 9.17) is 51.1 Å². The van der Waals surface area contributed by atoms with E-state index in [2.05, 4.69) is 0 Å². The van der Waals surface area contributed by atoms with Crippen molar-refractivity contribution < 1.29 is 4.74 Å². The molecule has 0 bridgehead atoms. The lowest BCUT2D eigenvalue weighted by Crippen LogP contribution is -1.90. The van der Waals surface area contributed by atoms with Gasteiger partial charge in [0.25, 0.3) is 0 Å². The van der Waals surface area contributed by atoms with Gasteiger partial charge in [-0.3, -0.25) is 0 Å². The van der Waals surface area contributed by atoms with Gasteiger partial charge in [-0.25, -0.2) is 0 Å². The van der Waals surface area contributed by atoms with Crippen molar-refractivity contribution in [1.82, 2.24) is 0 Å². The van der Waals surface area contributed by atoms with Gasteiger partial charge in [0.05, 0.1) is 17.2 Å². The molecule has 0 radical (unpaired) electrons. The second kappa shape index (κ2) is 5.58. The zero-order chi connectivity index (χ0) is 13.3. The first kappa shape index (κ1) is 13.8. The van der Waals surface area contributed by atoms with Gasteiger partial charge in [0.1, 0.15) is 10.8 Å². The Balaban J connectivity index is 2.67. The van der Waals surface area contributed by atoms with Crippen molar-refractivity contribution in [1.29, 1.82) is 0 Å². The second-order valence-electron chi connectivity index (χ2n) is 3.57. The maximum absolute atomic E-state index is 6.17. The molecular weight excluding hydrogens is 314 g/mol. The SMILES string of the molecule is COc1c(-c2ccc(Cl)cc2Cl)ccc(Cl)c1Cl. The maximum atomic E-state index is 6.17. The quantitative estimate of drug-likeness (QED) is 0.661. The summed E-state index contributed by atoms with van der Waals surface area (Å²) in [6.07, 6.45) is 0. The van der Waals surface area contributed by atoms with Gasteiger partial charge in [-0.15, -0.1) is 0 Å². The van der Waals surface area contributed by atoms with Crippen molar-refractivity contribution in [2.75, 3.05) is 7.11 Å². The fourth-order valence-electron chi connectivity index (χ4n) is 1.65. The molecule has 0 heterocycles. The Labute approximate surface area is 125 Å². The van der Waals surface area contributed by atoms with E-state index in [9.17, 15) is 0 Å². The van der Waals surface area contributed by atoms with Crippen LogP contribution in [0.3, 0.4) is 0 Å². The largest absolute Gasteiger partial charge is 0.494 e. The van der Waals surface area contributed by atoms with Crippen molar-refractivity contribution in [3.05, 3.63) is 50.4 Å². The topological polar surface area (TPSA) is 9.23 Å². The van der Waals surface area contributed by atoms with Crippen molar-refractivity contribution in [3.63, 3.8) is 0 Å². The number of benzene rings is 2. The van der Waals surface area contributed by atoms with E-state index in [1.165, 1.54) is 7.11 Å². The zero-order valence-corrected chi connectivity index (χ0v) is 12.3. The van der Waals surface area contributed by atoms with Gasteiger partial charge in [0, 0.05) is 16.1 Å². The van der Waals surface area contributed by atoms with E-state index in [1.54, 1.807) is 18.2 Å². The summed E-state index contributed by atoms with van der Waals surface area (Å²) in [5.74, 6) is 0.494. The molecule has 94 valence electrons. The lowest BCUT2D eigenvalue weighted by molar-refractivity contribution is 0.416. The van der Waals surface area contributed by atoms with Gasteiger partial charge in [-0.1, -0.05) is 52.5 Å². The van der Waals surface area contributed by atoms with Crippen LogP contribution in [0.25, 0.3) is 11.1 Å². The lowest BCUT2D eigenvalue weighted by Gasteiger charge is -2.12. The summed E-state index contributed by atoms with van der Waals surface area (Å²) in [4.78, 5) is 0. The van der Waals surface area contributed by atoms with Gasteiger partial charge in [-0.2, -0.15) is 0 Å². The number of methoxy groups -OCH3 is 1. The Morgan fingerprint density at radius 2 is 1.50 bits per heavy atom. The molecule has 2 rings (SSSR count). The van der Waals surface area contributed by atoms with Crippen molar-refractivity contribution in [3.8, 4) is 16.9 Å². The maximum Gasteiger partial charge on any atom is 0.146 e. The standard InChI is InChI=1S/C13H8Cl4O/c1-18-13-9(4-5-10(15)12(13)17)8-3-2-7(14)6-11(8)16/h2-6H,1H3. The Hall–Kier alpha value is -0.600. The summed E-state index contributed by atoms with van der Waals surface area (Å²) >= 11 is 24.1. The van der Waals surface area contributed by atoms with Gasteiger partial charge < -0.3 is 4.74 Å². The minimum absolute atomic E-state index is 0.364. The highest BCUT2D eigenvalue weighted by atomic mass is 35.5. The molecule has 0 aliphatic heterocycles. The Bertz CT molecular complexity index is 596. The molecule has 0 spiro atoms. The number of hydrogen-bond acceptors (Lipinski definition) is 1. The first-order chi connectivity index (χ1) is 8.54. The molecular formula is C13H8Cl4O. The molecule has 0 N–H and O–H groups in total. The van der Waals surface area contributed by atoms with E-state index < -0.39 is 0 Å². The smallest absolute Gasteiger partial charge is 0.146 e. The van der Waals surface area contributed by atoms with Crippen LogP contribution in [0.4, 0.5) is 0 Å². The van der Waals surface area contributed by atoms with E-state index in [-0.39, 0.29) is 0 Å². The summed E-state index contributed by atoms with van der Waals surface area (Å²) in [5.41, 5.74) is 1.56. The molecule has 0 atom stereocenters.